The SMILES string of the molecule is CC(C)(C)c1ccc(=O)n(CC2CN(CC3(O)CCOC3)C2)n1. The van der Waals surface area contributed by atoms with Crippen molar-refractivity contribution in [3.63, 3.8) is 0 Å². The minimum Gasteiger partial charge on any atom is -0.386 e. The van der Waals surface area contributed by atoms with E-state index in [1.54, 1.807) is 10.7 Å². The predicted molar refractivity (Wildman–Crippen MR) is 87.5 cm³/mol. The average molecular weight is 321 g/mol. The van der Waals surface area contributed by atoms with Crippen LogP contribution in [0, 0.1) is 5.92 Å². The average Bonchev–Trinajstić information content (AvgIpc) is 2.84. The molecule has 23 heavy (non-hydrogen) atoms. The van der Waals surface area contributed by atoms with Crippen molar-refractivity contribution in [3.05, 3.63) is 28.2 Å². The van der Waals surface area contributed by atoms with E-state index in [4.69, 9.17) is 4.74 Å². The maximum atomic E-state index is 12.0. The third-order valence-electron chi connectivity index (χ3n) is 4.70. The topological polar surface area (TPSA) is 67.6 Å². The number of rotatable bonds is 4. The van der Waals surface area contributed by atoms with Crippen LogP contribution in [0.3, 0.4) is 0 Å². The molecule has 2 aliphatic rings. The summed E-state index contributed by atoms with van der Waals surface area (Å²) in [5, 5.41) is 14.9. The second kappa shape index (κ2) is 6.00. The molecule has 1 aromatic heterocycles. The van der Waals surface area contributed by atoms with Gasteiger partial charge in [-0.1, -0.05) is 20.8 Å². The highest BCUT2D eigenvalue weighted by Gasteiger charge is 2.38. The summed E-state index contributed by atoms with van der Waals surface area (Å²) in [4.78, 5) is 14.2. The molecule has 6 heteroatoms. The van der Waals surface area contributed by atoms with Crippen molar-refractivity contribution in [3.8, 4) is 0 Å². The van der Waals surface area contributed by atoms with Crippen molar-refractivity contribution in [2.75, 3.05) is 32.8 Å². The first-order valence-corrected chi connectivity index (χ1v) is 8.36. The predicted octanol–water partition coefficient (Wildman–Crippen LogP) is 0.624. The molecule has 6 nitrogen and oxygen atoms in total. The van der Waals surface area contributed by atoms with Gasteiger partial charge in [-0.15, -0.1) is 0 Å². The number of aliphatic hydroxyl groups is 1. The number of hydrogen-bond acceptors (Lipinski definition) is 5. The monoisotopic (exact) mass is 321 g/mol. The molecule has 0 aliphatic carbocycles. The molecule has 1 atom stereocenters. The molecule has 1 unspecified atom stereocenters. The summed E-state index contributed by atoms with van der Waals surface area (Å²) >= 11 is 0. The van der Waals surface area contributed by atoms with Gasteiger partial charge in [0.2, 0.25) is 0 Å². The van der Waals surface area contributed by atoms with Gasteiger partial charge in [0, 0.05) is 50.1 Å². The van der Waals surface area contributed by atoms with Gasteiger partial charge in [-0.2, -0.15) is 5.10 Å². The van der Waals surface area contributed by atoms with Crippen molar-refractivity contribution in [2.45, 2.75) is 44.8 Å². The van der Waals surface area contributed by atoms with Gasteiger partial charge in [0.15, 0.2) is 0 Å². The van der Waals surface area contributed by atoms with Gasteiger partial charge >= 0.3 is 0 Å². The molecule has 1 aromatic rings. The summed E-state index contributed by atoms with van der Waals surface area (Å²) in [5.41, 5.74) is 0.143. The summed E-state index contributed by atoms with van der Waals surface area (Å²) in [6.45, 7) is 10.5. The fourth-order valence-electron chi connectivity index (χ4n) is 3.28. The first-order valence-electron chi connectivity index (χ1n) is 8.36. The highest BCUT2D eigenvalue weighted by Crippen LogP contribution is 2.25. The van der Waals surface area contributed by atoms with Crippen molar-refractivity contribution < 1.29 is 9.84 Å². The second-order valence-electron chi connectivity index (χ2n) is 8.08. The van der Waals surface area contributed by atoms with E-state index < -0.39 is 5.60 Å². The summed E-state index contributed by atoms with van der Waals surface area (Å²) in [5.74, 6) is 0.418. The van der Waals surface area contributed by atoms with Crippen molar-refractivity contribution in [1.29, 1.82) is 0 Å². The Balaban J connectivity index is 1.56. The Morgan fingerprint density at radius 1 is 1.39 bits per heavy atom. The van der Waals surface area contributed by atoms with Crippen LogP contribution in [0.4, 0.5) is 0 Å². The summed E-state index contributed by atoms with van der Waals surface area (Å²) in [7, 11) is 0. The van der Waals surface area contributed by atoms with E-state index in [2.05, 4.69) is 30.8 Å². The largest absolute Gasteiger partial charge is 0.386 e. The van der Waals surface area contributed by atoms with Gasteiger partial charge in [0.05, 0.1) is 18.8 Å². The number of nitrogens with zero attached hydrogens (tertiary/aromatic N) is 3. The lowest BCUT2D eigenvalue weighted by atomic mass is 9.92. The first kappa shape index (κ1) is 16.6. The number of hydrogen-bond donors (Lipinski definition) is 1. The van der Waals surface area contributed by atoms with Gasteiger partial charge in [-0.05, 0) is 6.07 Å². The lowest BCUT2D eigenvalue weighted by Gasteiger charge is -2.42. The van der Waals surface area contributed by atoms with Crippen LogP contribution < -0.4 is 5.56 Å². The Labute approximate surface area is 137 Å². The van der Waals surface area contributed by atoms with Crippen molar-refractivity contribution >= 4 is 0 Å². The van der Waals surface area contributed by atoms with Gasteiger partial charge < -0.3 is 9.84 Å². The Kier molecular flexibility index (Phi) is 4.33. The third-order valence-corrected chi connectivity index (χ3v) is 4.70. The van der Waals surface area contributed by atoms with Gasteiger partial charge in [0.1, 0.15) is 5.60 Å². The molecule has 128 valence electrons. The van der Waals surface area contributed by atoms with E-state index >= 15 is 0 Å². The third kappa shape index (κ3) is 3.82. The minimum atomic E-state index is -0.688. The molecule has 2 saturated heterocycles. The molecule has 3 rings (SSSR count). The van der Waals surface area contributed by atoms with E-state index in [-0.39, 0.29) is 11.0 Å². The fraction of sp³-hybridized carbons (Fsp3) is 0.765. The first-order chi connectivity index (χ1) is 10.8. The molecule has 1 N–H and O–H groups in total. The van der Waals surface area contributed by atoms with Crippen LogP contribution in [-0.2, 0) is 16.7 Å². The highest BCUT2D eigenvalue weighted by atomic mass is 16.5. The van der Waals surface area contributed by atoms with Gasteiger partial charge in [-0.3, -0.25) is 9.69 Å². The van der Waals surface area contributed by atoms with E-state index in [9.17, 15) is 9.90 Å². The van der Waals surface area contributed by atoms with Crippen LogP contribution in [0.25, 0.3) is 0 Å². The van der Waals surface area contributed by atoms with E-state index in [0.717, 1.165) is 18.8 Å². The molecule has 2 aliphatic heterocycles. The lowest BCUT2D eigenvalue weighted by Crippen LogP contribution is -2.55. The van der Waals surface area contributed by atoms with Crippen LogP contribution in [0.5, 0.6) is 0 Å². The quantitative estimate of drug-likeness (QED) is 0.881. The highest BCUT2D eigenvalue weighted by molar-refractivity contribution is 5.10. The summed E-state index contributed by atoms with van der Waals surface area (Å²) < 4.78 is 6.87. The van der Waals surface area contributed by atoms with E-state index in [1.165, 1.54) is 0 Å². The number of ether oxygens (including phenoxy) is 1. The molecule has 0 spiro atoms. The van der Waals surface area contributed by atoms with Crippen LogP contribution in [0.15, 0.2) is 16.9 Å². The van der Waals surface area contributed by atoms with Crippen LogP contribution >= 0.6 is 0 Å². The van der Waals surface area contributed by atoms with E-state index in [1.807, 2.05) is 6.07 Å². The number of β-amino-alcohol motifs (C(OH)–C–C–N with tert-alkyl or cyclic N) is 1. The molecule has 0 aromatic carbocycles. The van der Waals surface area contributed by atoms with Crippen LogP contribution in [-0.4, -0.2) is 58.2 Å². The normalized spacial score (nSPS) is 26.4. The van der Waals surface area contributed by atoms with Crippen molar-refractivity contribution in [2.24, 2.45) is 5.92 Å². The maximum absolute atomic E-state index is 12.0. The molecular weight excluding hydrogens is 294 g/mol. The Hall–Kier alpha value is -1.24. The number of likely N-dealkylation sites (tertiary alicyclic amines) is 1. The standard InChI is InChI=1S/C17H27N3O3/c1-16(2,3)14-4-5-15(21)20(18-14)10-13-8-19(9-13)11-17(22)6-7-23-12-17/h4-5,13,22H,6-12H2,1-3H3. The zero-order valence-electron chi connectivity index (χ0n) is 14.3. The molecular formula is C17H27N3O3. The molecule has 0 amide bonds. The number of aromatic nitrogens is 2. The minimum absolute atomic E-state index is 0.0423. The Morgan fingerprint density at radius 2 is 2.13 bits per heavy atom. The molecule has 0 saturated carbocycles. The van der Waals surface area contributed by atoms with Crippen LogP contribution in [0.1, 0.15) is 32.9 Å². The summed E-state index contributed by atoms with van der Waals surface area (Å²) in [6, 6.07) is 3.43. The Bertz CT molecular complexity index is 608. The van der Waals surface area contributed by atoms with Crippen LogP contribution in [0.2, 0.25) is 0 Å². The Morgan fingerprint density at radius 3 is 2.74 bits per heavy atom. The summed E-state index contributed by atoms with van der Waals surface area (Å²) in [6.07, 6.45) is 0.711. The second-order valence-corrected chi connectivity index (χ2v) is 8.08. The van der Waals surface area contributed by atoms with Crippen molar-refractivity contribution in [1.82, 2.24) is 14.7 Å². The lowest BCUT2D eigenvalue weighted by molar-refractivity contribution is -0.0380. The zero-order chi connectivity index (χ0) is 16.7. The van der Waals surface area contributed by atoms with Gasteiger partial charge in [-0.25, -0.2) is 4.68 Å². The molecule has 3 heterocycles. The molecule has 2 fully saturated rings. The fourth-order valence-corrected chi connectivity index (χ4v) is 3.28. The van der Waals surface area contributed by atoms with E-state index in [0.29, 0.717) is 38.6 Å². The molecule has 0 bridgehead atoms. The zero-order valence-corrected chi connectivity index (χ0v) is 14.3. The maximum Gasteiger partial charge on any atom is 0.266 e. The van der Waals surface area contributed by atoms with Gasteiger partial charge in [0.25, 0.3) is 5.56 Å². The smallest absolute Gasteiger partial charge is 0.266 e. The molecule has 0 radical (unpaired) electrons.